The normalized spacial score (nSPS) is 20.9. The number of aliphatic hydroxyl groups is 1. The number of ether oxygens (including phenoxy) is 1. The van der Waals surface area contributed by atoms with Crippen molar-refractivity contribution in [2.75, 3.05) is 39.1 Å². The molecule has 0 saturated carbocycles. The standard InChI is InChI=1S/C18H25N3O6S/c1-28(25,26)21-10-9-20(17(21)23)16(22)19-13-18(24,14-5-3-2-4-6-14)15-7-11-27-12-8-15/h2-6,15,24H,7-13H2,1H3,(H,19,22)/t18-/m0/s1. The summed E-state index contributed by atoms with van der Waals surface area (Å²) in [4.78, 5) is 25.6. The van der Waals surface area contributed by atoms with Crippen LogP contribution in [0.25, 0.3) is 0 Å². The summed E-state index contributed by atoms with van der Waals surface area (Å²) in [5, 5.41) is 14.1. The molecule has 0 aliphatic carbocycles. The second kappa shape index (κ2) is 8.06. The molecule has 3 rings (SSSR count). The Kier molecular flexibility index (Phi) is 5.92. The van der Waals surface area contributed by atoms with E-state index in [9.17, 15) is 23.1 Å². The number of rotatable bonds is 5. The van der Waals surface area contributed by atoms with Crippen molar-refractivity contribution in [3.8, 4) is 0 Å². The molecule has 2 saturated heterocycles. The van der Waals surface area contributed by atoms with Gasteiger partial charge in [0.15, 0.2) is 0 Å². The molecular weight excluding hydrogens is 386 g/mol. The van der Waals surface area contributed by atoms with Crippen LogP contribution in [-0.4, -0.2) is 73.9 Å². The fourth-order valence-corrected chi connectivity index (χ4v) is 4.50. The average molecular weight is 411 g/mol. The topological polar surface area (TPSA) is 116 Å². The molecule has 2 fully saturated rings. The van der Waals surface area contributed by atoms with Crippen LogP contribution in [0.4, 0.5) is 9.59 Å². The molecule has 1 atom stereocenters. The van der Waals surface area contributed by atoms with E-state index in [-0.39, 0.29) is 25.6 Å². The zero-order valence-corrected chi connectivity index (χ0v) is 16.5. The number of carbonyl (C=O) groups excluding carboxylic acids is 2. The summed E-state index contributed by atoms with van der Waals surface area (Å²) in [5.74, 6) is -0.120. The zero-order chi connectivity index (χ0) is 20.4. The van der Waals surface area contributed by atoms with E-state index in [4.69, 9.17) is 4.74 Å². The van der Waals surface area contributed by atoms with Crippen molar-refractivity contribution in [1.82, 2.24) is 14.5 Å². The second-order valence-corrected chi connectivity index (χ2v) is 9.01. The number of urea groups is 2. The summed E-state index contributed by atoms with van der Waals surface area (Å²) in [6.45, 7) is 0.860. The molecule has 28 heavy (non-hydrogen) atoms. The van der Waals surface area contributed by atoms with Crippen LogP contribution in [0.3, 0.4) is 0 Å². The third kappa shape index (κ3) is 4.13. The Hall–Kier alpha value is -2.17. The SMILES string of the molecule is CS(=O)(=O)N1CCN(C(=O)NC[C@](O)(c2ccccc2)C2CCOCC2)C1=O. The Balaban J connectivity index is 1.74. The highest BCUT2D eigenvalue weighted by molar-refractivity contribution is 7.88. The van der Waals surface area contributed by atoms with Crippen LogP contribution in [-0.2, 0) is 20.4 Å². The first-order valence-electron chi connectivity index (χ1n) is 9.16. The number of benzene rings is 1. The van der Waals surface area contributed by atoms with E-state index in [0.717, 1.165) is 11.2 Å². The lowest BCUT2D eigenvalue weighted by Crippen LogP contribution is -2.51. The molecule has 4 amide bonds. The molecule has 9 nitrogen and oxygen atoms in total. The molecule has 2 aliphatic heterocycles. The average Bonchev–Trinajstić information content (AvgIpc) is 3.09. The number of sulfonamides is 1. The zero-order valence-electron chi connectivity index (χ0n) is 15.7. The lowest BCUT2D eigenvalue weighted by Gasteiger charge is -2.39. The minimum atomic E-state index is -3.72. The number of amides is 4. The van der Waals surface area contributed by atoms with E-state index in [2.05, 4.69) is 5.32 Å². The van der Waals surface area contributed by atoms with Crippen LogP contribution < -0.4 is 5.32 Å². The van der Waals surface area contributed by atoms with Crippen LogP contribution in [0.15, 0.2) is 30.3 Å². The van der Waals surface area contributed by atoms with E-state index in [1.54, 1.807) is 12.1 Å². The first-order chi connectivity index (χ1) is 13.2. The highest BCUT2D eigenvalue weighted by Crippen LogP contribution is 2.35. The van der Waals surface area contributed by atoms with Crippen molar-refractivity contribution in [3.05, 3.63) is 35.9 Å². The van der Waals surface area contributed by atoms with Crippen LogP contribution in [0.1, 0.15) is 18.4 Å². The molecule has 0 spiro atoms. The minimum Gasteiger partial charge on any atom is -0.383 e. The Morgan fingerprint density at radius 3 is 2.46 bits per heavy atom. The van der Waals surface area contributed by atoms with Gasteiger partial charge in [-0.1, -0.05) is 30.3 Å². The first-order valence-corrected chi connectivity index (χ1v) is 11.0. The van der Waals surface area contributed by atoms with Crippen LogP contribution >= 0.6 is 0 Å². The van der Waals surface area contributed by atoms with E-state index in [1.165, 1.54) is 0 Å². The van der Waals surface area contributed by atoms with Gasteiger partial charge in [0.05, 0.1) is 25.9 Å². The summed E-state index contributed by atoms with van der Waals surface area (Å²) >= 11 is 0. The number of imide groups is 1. The lowest BCUT2D eigenvalue weighted by molar-refractivity contribution is -0.0678. The number of hydrogen-bond donors (Lipinski definition) is 2. The second-order valence-electron chi connectivity index (χ2n) is 7.10. The number of carbonyl (C=O) groups is 2. The fraction of sp³-hybridized carbons (Fsp3) is 0.556. The molecule has 2 N–H and O–H groups in total. The maximum atomic E-state index is 12.5. The maximum Gasteiger partial charge on any atom is 0.341 e. The fourth-order valence-electron chi connectivity index (χ4n) is 3.70. The van der Waals surface area contributed by atoms with E-state index < -0.39 is 27.7 Å². The molecule has 10 heteroatoms. The summed E-state index contributed by atoms with van der Waals surface area (Å²) < 4.78 is 29.3. The Morgan fingerprint density at radius 2 is 1.89 bits per heavy atom. The molecular formula is C18H25N3O6S. The van der Waals surface area contributed by atoms with Gasteiger partial charge in [0.25, 0.3) is 0 Å². The molecule has 2 aliphatic rings. The van der Waals surface area contributed by atoms with E-state index in [0.29, 0.717) is 35.9 Å². The van der Waals surface area contributed by atoms with Gasteiger partial charge < -0.3 is 15.2 Å². The van der Waals surface area contributed by atoms with Crippen LogP contribution in [0.5, 0.6) is 0 Å². The van der Waals surface area contributed by atoms with Gasteiger partial charge in [0, 0.05) is 13.2 Å². The molecule has 2 heterocycles. The van der Waals surface area contributed by atoms with Gasteiger partial charge in [0.2, 0.25) is 10.0 Å². The monoisotopic (exact) mass is 411 g/mol. The number of nitrogens with one attached hydrogen (secondary N) is 1. The van der Waals surface area contributed by atoms with Crippen LogP contribution in [0, 0.1) is 5.92 Å². The highest BCUT2D eigenvalue weighted by atomic mass is 32.2. The molecule has 1 aromatic carbocycles. The van der Waals surface area contributed by atoms with Crippen molar-refractivity contribution in [1.29, 1.82) is 0 Å². The summed E-state index contributed by atoms with van der Waals surface area (Å²) in [6.07, 6.45) is 2.21. The van der Waals surface area contributed by atoms with Crippen LogP contribution in [0.2, 0.25) is 0 Å². The van der Waals surface area contributed by atoms with Crippen molar-refractivity contribution >= 4 is 22.1 Å². The Bertz CT molecular complexity index is 825. The van der Waals surface area contributed by atoms with Crippen molar-refractivity contribution in [2.45, 2.75) is 18.4 Å². The quantitative estimate of drug-likeness (QED) is 0.737. The molecule has 1 aromatic rings. The maximum absolute atomic E-state index is 12.5. The molecule has 0 radical (unpaired) electrons. The van der Waals surface area contributed by atoms with Gasteiger partial charge in [-0.25, -0.2) is 27.2 Å². The summed E-state index contributed by atoms with van der Waals surface area (Å²) in [5.41, 5.74) is -0.646. The predicted molar refractivity (Wildman–Crippen MR) is 101 cm³/mol. The largest absolute Gasteiger partial charge is 0.383 e. The smallest absolute Gasteiger partial charge is 0.341 e. The summed E-state index contributed by atoms with van der Waals surface area (Å²) in [7, 11) is -3.72. The third-order valence-electron chi connectivity index (χ3n) is 5.30. The molecule has 0 aromatic heterocycles. The molecule has 0 bridgehead atoms. The van der Waals surface area contributed by atoms with Crippen molar-refractivity contribution in [3.63, 3.8) is 0 Å². The Labute approximate surface area is 164 Å². The number of nitrogens with zero attached hydrogens (tertiary/aromatic N) is 2. The van der Waals surface area contributed by atoms with Gasteiger partial charge in [-0.3, -0.25) is 0 Å². The number of hydrogen-bond acceptors (Lipinski definition) is 6. The first kappa shape index (κ1) is 20.6. The van der Waals surface area contributed by atoms with Gasteiger partial charge >= 0.3 is 12.1 Å². The lowest BCUT2D eigenvalue weighted by atomic mass is 9.77. The molecule has 0 unspecified atom stereocenters. The van der Waals surface area contributed by atoms with Gasteiger partial charge in [-0.2, -0.15) is 0 Å². The van der Waals surface area contributed by atoms with Gasteiger partial charge in [-0.15, -0.1) is 0 Å². The highest BCUT2D eigenvalue weighted by Gasteiger charge is 2.42. The Morgan fingerprint density at radius 1 is 1.25 bits per heavy atom. The third-order valence-corrected chi connectivity index (χ3v) is 6.44. The predicted octanol–water partition coefficient (Wildman–Crippen LogP) is 0.708. The van der Waals surface area contributed by atoms with E-state index >= 15 is 0 Å². The summed E-state index contributed by atoms with van der Waals surface area (Å²) in [6, 6.07) is 7.47. The van der Waals surface area contributed by atoms with Crippen molar-refractivity contribution in [2.24, 2.45) is 5.92 Å². The van der Waals surface area contributed by atoms with Crippen molar-refractivity contribution < 1.29 is 27.9 Å². The van der Waals surface area contributed by atoms with Gasteiger partial charge in [-0.05, 0) is 24.3 Å². The minimum absolute atomic E-state index is 0.0290. The van der Waals surface area contributed by atoms with Gasteiger partial charge in [0.1, 0.15) is 5.60 Å². The molecule has 154 valence electrons. The van der Waals surface area contributed by atoms with E-state index in [1.807, 2.05) is 18.2 Å².